The van der Waals surface area contributed by atoms with E-state index < -0.39 is 0 Å². The molecule has 1 aliphatic heterocycles. The number of aryl methyl sites for hydroxylation is 1. The zero-order valence-electron chi connectivity index (χ0n) is 10.1. The summed E-state index contributed by atoms with van der Waals surface area (Å²) >= 11 is 0. The van der Waals surface area contributed by atoms with E-state index in [-0.39, 0.29) is 0 Å². The van der Waals surface area contributed by atoms with E-state index in [9.17, 15) is 0 Å². The standard InChI is InChI=1S/C11H20N4O/c1-9-11(14-16-13-9)8-15-6-4-3-5-10(15)7-12-2/h10,12H,3-8H2,1-2H3. The molecule has 5 nitrogen and oxygen atoms in total. The molecule has 5 heteroatoms. The Kier molecular flexibility index (Phi) is 3.90. The Labute approximate surface area is 96.2 Å². The van der Waals surface area contributed by atoms with Gasteiger partial charge in [0, 0.05) is 19.1 Å². The Hall–Kier alpha value is -0.940. The zero-order valence-corrected chi connectivity index (χ0v) is 10.1. The highest BCUT2D eigenvalue weighted by Gasteiger charge is 2.23. The van der Waals surface area contributed by atoms with Crippen molar-refractivity contribution in [2.45, 2.75) is 38.8 Å². The summed E-state index contributed by atoms with van der Waals surface area (Å²) in [6.07, 6.45) is 3.88. The van der Waals surface area contributed by atoms with Gasteiger partial charge in [-0.25, -0.2) is 4.63 Å². The van der Waals surface area contributed by atoms with Gasteiger partial charge in [-0.15, -0.1) is 0 Å². The molecule has 1 unspecified atom stereocenters. The van der Waals surface area contributed by atoms with Crippen LogP contribution in [0.2, 0.25) is 0 Å². The van der Waals surface area contributed by atoms with Crippen LogP contribution in [-0.2, 0) is 6.54 Å². The number of likely N-dealkylation sites (N-methyl/N-ethyl adjacent to an activating group) is 1. The van der Waals surface area contributed by atoms with Crippen LogP contribution in [0.1, 0.15) is 30.7 Å². The van der Waals surface area contributed by atoms with E-state index in [4.69, 9.17) is 4.63 Å². The number of likely N-dealkylation sites (tertiary alicyclic amines) is 1. The van der Waals surface area contributed by atoms with Gasteiger partial charge in [-0.3, -0.25) is 4.90 Å². The number of aromatic nitrogens is 2. The van der Waals surface area contributed by atoms with Gasteiger partial charge in [-0.05, 0) is 33.4 Å². The normalized spacial score (nSPS) is 22.5. The Balaban J connectivity index is 1.98. The van der Waals surface area contributed by atoms with E-state index in [1.807, 2.05) is 14.0 Å². The highest BCUT2D eigenvalue weighted by molar-refractivity contribution is 5.04. The fourth-order valence-corrected chi connectivity index (χ4v) is 2.32. The Bertz CT molecular complexity index is 324. The van der Waals surface area contributed by atoms with Gasteiger partial charge in [0.1, 0.15) is 11.4 Å². The molecule has 0 saturated carbocycles. The zero-order chi connectivity index (χ0) is 11.4. The first-order chi connectivity index (χ1) is 7.81. The van der Waals surface area contributed by atoms with Crippen LogP contribution in [0.15, 0.2) is 4.63 Å². The number of hydrogen-bond donors (Lipinski definition) is 1. The van der Waals surface area contributed by atoms with Crippen LogP contribution in [-0.4, -0.2) is 41.4 Å². The number of hydrogen-bond acceptors (Lipinski definition) is 5. The van der Waals surface area contributed by atoms with Crippen LogP contribution in [0, 0.1) is 6.92 Å². The molecule has 1 saturated heterocycles. The Morgan fingerprint density at radius 1 is 1.44 bits per heavy atom. The predicted octanol–water partition coefficient (Wildman–Crippen LogP) is 0.952. The lowest BCUT2D eigenvalue weighted by Gasteiger charge is -2.35. The summed E-state index contributed by atoms with van der Waals surface area (Å²) in [7, 11) is 2.01. The number of nitrogens with zero attached hydrogens (tertiary/aromatic N) is 3. The van der Waals surface area contributed by atoms with Gasteiger partial charge in [0.25, 0.3) is 0 Å². The fraction of sp³-hybridized carbons (Fsp3) is 0.818. The van der Waals surface area contributed by atoms with Crippen LogP contribution >= 0.6 is 0 Å². The molecular weight excluding hydrogens is 204 g/mol. The molecule has 1 aromatic rings. The number of nitrogens with one attached hydrogen (secondary N) is 1. The quantitative estimate of drug-likeness (QED) is 0.825. The maximum atomic E-state index is 4.74. The van der Waals surface area contributed by atoms with Gasteiger partial charge in [-0.1, -0.05) is 16.7 Å². The van der Waals surface area contributed by atoms with Crippen molar-refractivity contribution in [3.63, 3.8) is 0 Å². The lowest BCUT2D eigenvalue weighted by Crippen LogP contribution is -2.44. The second kappa shape index (κ2) is 5.41. The van der Waals surface area contributed by atoms with E-state index in [2.05, 4.69) is 20.5 Å². The van der Waals surface area contributed by atoms with Crippen molar-refractivity contribution in [1.82, 2.24) is 20.5 Å². The van der Waals surface area contributed by atoms with E-state index >= 15 is 0 Å². The first-order valence-electron chi connectivity index (χ1n) is 5.98. The van der Waals surface area contributed by atoms with Crippen molar-refractivity contribution < 1.29 is 4.63 Å². The minimum Gasteiger partial charge on any atom is -0.318 e. The van der Waals surface area contributed by atoms with Crippen molar-refractivity contribution in [2.24, 2.45) is 0 Å². The maximum absolute atomic E-state index is 4.74. The molecule has 0 aliphatic carbocycles. The molecule has 1 aromatic heterocycles. The molecular formula is C11H20N4O. The molecule has 16 heavy (non-hydrogen) atoms. The van der Waals surface area contributed by atoms with Crippen molar-refractivity contribution in [3.05, 3.63) is 11.4 Å². The highest BCUT2D eigenvalue weighted by Crippen LogP contribution is 2.19. The Morgan fingerprint density at radius 2 is 2.31 bits per heavy atom. The summed E-state index contributed by atoms with van der Waals surface area (Å²) in [6.45, 7) is 5.01. The van der Waals surface area contributed by atoms with E-state index in [1.54, 1.807) is 0 Å². The molecule has 2 heterocycles. The number of piperidine rings is 1. The SMILES string of the molecule is CNCC1CCCCN1Cc1nonc1C. The van der Waals surface area contributed by atoms with Crippen LogP contribution in [0.25, 0.3) is 0 Å². The van der Waals surface area contributed by atoms with Gasteiger partial charge < -0.3 is 5.32 Å². The lowest BCUT2D eigenvalue weighted by atomic mass is 10.0. The molecule has 0 aromatic carbocycles. The first kappa shape index (κ1) is 11.5. The van der Waals surface area contributed by atoms with Crippen LogP contribution in [0.5, 0.6) is 0 Å². The van der Waals surface area contributed by atoms with E-state index in [1.165, 1.54) is 19.3 Å². The summed E-state index contributed by atoms with van der Waals surface area (Å²) < 4.78 is 4.74. The molecule has 90 valence electrons. The molecule has 0 radical (unpaired) electrons. The Morgan fingerprint density at radius 3 is 3.00 bits per heavy atom. The third-order valence-corrected chi connectivity index (χ3v) is 3.29. The summed E-state index contributed by atoms with van der Waals surface area (Å²) in [4.78, 5) is 2.48. The van der Waals surface area contributed by atoms with Crippen molar-refractivity contribution in [1.29, 1.82) is 0 Å². The molecule has 2 rings (SSSR count). The minimum absolute atomic E-state index is 0.620. The molecule has 0 bridgehead atoms. The molecule has 0 spiro atoms. The van der Waals surface area contributed by atoms with Crippen LogP contribution < -0.4 is 5.32 Å². The summed E-state index contributed by atoms with van der Waals surface area (Å²) in [6, 6.07) is 0.620. The highest BCUT2D eigenvalue weighted by atomic mass is 16.6. The van der Waals surface area contributed by atoms with Gasteiger partial charge >= 0.3 is 0 Å². The molecule has 1 fully saturated rings. The monoisotopic (exact) mass is 224 g/mol. The summed E-state index contributed by atoms with van der Waals surface area (Å²) in [5.74, 6) is 0. The van der Waals surface area contributed by atoms with Gasteiger partial charge in [0.2, 0.25) is 0 Å². The molecule has 0 amide bonds. The summed E-state index contributed by atoms with van der Waals surface area (Å²) in [5, 5.41) is 11.0. The van der Waals surface area contributed by atoms with Crippen molar-refractivity contribution >= 4 is 0 Å². The minimum atomic E-state index is 0.620. The van der Waals surface area contributed by atoms with Gasteiger partial charge in [0.05, 0.1) is 0 Å². The second-order valence-electron chi connectivity index (χ2n) is 4.47. The third-order valence-electron chi connectivity index (χ3n) is 3.29. The molecule has 1 N–H and O–H groups in total. The smallest absolute Gasteiger partial charge is 0.122 e. The van der Waals surface area contributed by atoms with Crippen molar-refractivity contribution in [2.75, 3.05) is 20.1 Å². The maximum Gasteiger partial charge on any atom is 0.122 e. The van der Waals surface area contributed by atoms with Gasteiger partial charge in [-0.2, -0.15) is 0 Å². The first-order valence-corrected chi connectivity index (χ1v) is 5.98. The predicted molar refractivity (Wildman–Crippen MR) is 61.0 cm³/mol. The second-order valence-corrected chi connectivity index (χ2v) is 4.47. The lowest BCUT2D eigenvalue weighted by molar-refractivity contribution is 0.135. The fourth-order valence-electron chi connectivity index (χ4n) is 2.32. The molecule has 1 atom stereocenters. The summed E-state index contributed by atoms with van der Waals surface area (Å²) in [5.41, 5.74) is 1.89. The van der Waals surface area contributed by atoms with Crippen molar-refractivity contribution in [3.8, 4) is 0 Å². The average Bonchev–Trinajstić information content (AvgIpc) is 2.68. The average molecular weight is 224 g/mol. The van der Waals surface area contributed by atoms with Crippen LogP contribution in [0.4, 0.5) is 0 Å². The van der Waals surface area contributed by atoms with E-state index in [0.717, 1.165) is 31.0 Å². The third kappa shape index (κ3) is 2.59. The van der Waals surface area contributed by atoms with Gasteiger partial charge in [0.15, 0.2) is 0 Å². The number of rotatable bonds is 4. The topological polar surface area (TPSA) is 54.2 Å². The van der Waals surface area contributed by atoms with E-state index in [0.29, 0.717) is 6.04 Å². The van der Waals surface area contributed by atoms with Crippen LogP contribution in [0.3, 0.4) is 0 Å². The largest absolute Gasteiger partial charge is 0.318 e. The molecule has 1 aliphatic rings.